The molecule has 0 amide bonds. The molecular weight excluding hydrogens is 332 g/mol. The third-order valence-electron chi connectivity index (χ3n) is 3.61. The number of ether oxygens (including phenoxy) is 1. The summed E-state index contributed by atoms with van der Waals surface area (Å²) in [5.74, 6) is 1.93. The van der Waals surface area contributed by atoms with Crippen molar-refractivity contribution in [3.63, 3.8) is 0 Å². The molecule has 3 rings (SSSR count). The highest BCUT2D eigenvalue weighted by Gasteiger charge is 2.11. The lowest BCUT2D eigenvalue weighted by atomic mass is 10.2. The molecule has 9 heteroatoms. The van der Waals surface area contributed by atoms with Gasteiger partial charge in [0, 0.05) is 25.5 Å². The van der Waals surface area contributed by atoms with Crippen LogP contribution in [0.25, 0.3) is 5.69 Å². The van der Waals surface area contributed by atoms with Crippen LogP contribution in [0.15, 0.2) is 36.7 Å². The van der Waals surface area contributed by atoms with Crippen LogP contribution < -0.4 is 15.4 Å². The summed E-state index contributed by atoms with van der Waals surface area (Å²) in [5, 5.41) is 14.6. The first-order valence-corrected chi connectivity index (χ1v) is 8.11. The fourth-order valence-corrected chi connectivity index (χ4v) is 2.45. The van der Waals surface area contributed by atoms with Gasteiger partial charge in [0.2, 0.25) is 5.95 Å². The van der Waals surface area contributed by atoms with Crippen LogP contribution in [0, 0.1) is 0 Å². The molecule has 0 aliphatic heterocycles. The number of benzene rings is 1. The average molecular weight is 354 g/mol. The number of hydrogen-bond donors (Lipinski definition) is 2. The van der Waals surface area contributed by atoms with Gasteiger partial charge in [-0.25, -0.2) is 9.67 Å². The van der Waals surface area contributed by atoms with E-state index in [-0.39, 0.29) is 0 Å². The van der Waals surface area contributed by atoms with Crippen molar-refractivity contribution in [1.82, 2.24) is 29.9 Å². The lowest BCUT2D eigenvalue weighted by Crippen LogP contribution is -2.10. The summed E-state index contributed by atoms with van der Waals surface area (Å²) >= 11 is 0. The van der Waals surface area contributed by atoms with Crippen LogP contribution >= 0.6 is 0 Å². The van der Waals surface area contributed by atoms with Crippen molar-refractivity contribution in [1.29, 1.82) is 0 Å². The highest BCUT2D eigenvalue weighted by Crippen LogP contribution is 2.27. The van der Waals surface area contributed by atoms with Crippen LogP contribution in [0.4, 0.5) is 17.5 Å². The fourth-order valence-electron chi connectivity index (χ4n) is 2.45. The van der Waals surface area contributed by atoms with Crippen LogP contribution in [0.2, 0.25) is 0 Å². The maximum absolute atomic E-state index is 5.46. The molecule has 0 radical (unpaired) electrons. The Hall–Kier alpha value is -3.20. The number of aromatic nitrogens is 5. The predicted molar refractivity (Wildman–Crippen MR) is 100 cm³/mol. The highest BCUT2D eigenvalue weighted by molar-refractivity contribution is 5.62. The summed E-state index contributed by atoms with van der Waals surface area (Å²) in [6.45, 7) is 0.713. The van der Waals surface area contributed by atoms with E-state index in [4.69, 9.17) is 4.74 Å². The van der Waals surface area contributed by atoms with Crippen molar-refractivity contribution >= 4 is 17.5 Å². The average Bonchev–Trinajstić information content (AvgIpc) is 3.09. The molecule has 0 bridgehead atoms. The normalized spacial score (nSPS) is 10.8. The van der Waals surface area contributed by atoms with Gasteiger partial charge in [0.1, 0.15) is 17.3 Å². The van der Waals surface area contributed by atoms with Gasteiger partial charge in [0.05, 0.1) is 19.0 Å². The molecule has 0 atom stereocenters. The van der Waals surface area contributed by atoms with E-state index in [0.717, 1.165) is 22.9 Å². The zero-order chi connectivity index (χ0) is 18.5. The smallest absolute Gasteiger partial charge is 0.229 e. The van der Waals surface area contributed by atoms with Gasteiger partial charge in [-0.15, -0.1) is 5.10 Å². The van der Waals surface area contributed by atoms with Crippen LogP contribution in [0.5, 0.6) is 5.75 Å². The van der Waals surface area contributed by atoms with E-state index in [9.17, 15) is 0 Å². The molecule has 0 unspecified atom stereocenters. The first-order valence-electron chi connectivity index (χ1n) is 8.11. The maximum atomic E-state index is 5.46. The number of anilines is 3. The molecule has 0 aliphatic carbocycles. The summed E-state index contributed by atoms with van der Waals surface area (Å²) < 4.78 is 7.17. The molecular formula is C17H22N8O. The van der Waals surface area contributed by atoms with Crippen LogP contribution in [-0.4, -0.2) is 58.1 Å². The molecule has 0 aliphatic rings. The Morgan fingerprint density at radius 2 is 2.08 bits per heavy atom. The van der Waals surface area contributed by atoms with E-state index in [1.807, 2.05) is 50.4 Å². The molecule has 0 saturated carbocycles. The zero-order valence-corrected chi connectivity index (χ0v) is 15.3. The van der Waals surface area contributed by atoms with E-state index >= 15 is 0 Å². The molecule has 3 aromatic rings. The van der Waals surface area contributed by atoms with Crippen LogP contribution in [0.1, 0.15) is 5.69 Å². The number of nitrogens with zero attached hydrogens (tertiary/aromatic N) is 6. The van der Waals surface area contributed by atoms with Gasteiger partial charge in [-0.05, 0) is 38.4 Å². The van der Waals surface area contributed by atoms with E-state index in [1.54, 1.807) is 24.1 Å². The minimum Gasteiger partial charge on any atom is -0.494 e. The molecule has 136 valence electrons. The van der Waals surface area contributed by atoms with E-state index in [0.29, 0.717) is 18.2 Å². The first kappa shape index (κ1) is 17.6. The fraction of sp³-hybridized carbons (Fsp3) is 0.294. The topological polar surface area (TPSA) is 93.0 Å². The molecule has 0 saturated heterocycles. The molecule has 2 aromatic heterocycles. The van der Waals surface area contributed by atoms with Crippen molar-refractivity contribution in [3.8, 4) is 11.4 Å². The quantitative estimate of drug-likeness (QED) is 0.665. The van der Waals surface area contributed by atoms with Crippen LogP contribution in [0.3, 0.4) is 0 Å². The molecule has 26 heavy (non-hydrogen) atoms. The molecule has 2 N–H and O–H groups in total. The first-order chi connectivity index (χ1) is 12.6. The van der Waals surface area contributed by atoms with E-state index in [1.165, 1.54) is 0 Å². The standard InChI is InChI=1S/C17H22N8O/c1-18-16-7-8-19-17(21-16)20-12-5-6-15(26-4)14(9-12)25-11-13(22-23-25)10-24(2)3/h5-9,11H,10H2,1-4H3,(H2,18,19,20,21). The third kappa shape index (κ3) is 4.06. The van der Waals surface area contributed by atoms with E-state index < -0.39 is 0 Å². The summed E-state index contributed by atoms with van der Waals surface area (Å²) in [6.07, 6.45) is 3.58. The Morgan fingerprint density at radius 1 is 1.23 bits per heavy atom. The Balaban J connectivity index is 1.89. The summed E-state index contributed by atoms with van der Waals surface area (Å²) in [6, 6.07) is 7.48. The number of hydrogen-bond acceptors (Lipinski definition) is 8. The number of rotatable bonds is 7. The van der Waals surface area contributed by atoms with Crippen molar-refractivity contribution < 1.29 is 4.74 Å². The highest BCUT2D eigenvalue weighted by atomic mass is 16.5. The van der Waals surface area contributed by atoms with Gasteiger partial charge in [-0.2, -0.15) is 4.98 Å². The Kier molecular flexibility index (Phi) is 5.28. The maximum Gasteiger partial charge on any atom is 0.229 e. The van der Waals surface area contributed by atoms with Crippen molar-refractivity contribution in [2.45, 2.75) is 6.54 Å². The van der Waals surface area contributed by atoms with Crippen molar-refractivity contribution in [2.75, 3.05) is 38.9 Å². The second kappa shape index (κ2) is 7.79. The molecule has 0 fully saturated rings. The van der Waals surface area contributed by atoms with Gasteiger partial charge in [-0.3, -0.25) is 0 Å². The van der Waals surface area contributed by atoms with Gasteiger partial charge < -0.3 is 20.3 Å². The number of methoxy groups -OCH3 is 1. The summed E-state index contributed by atoms with van der Waals surface area (Å²) in [7, 11) is 7.42. The number of nitrogens with one attached hydrogen (secondary N) is 2. The molecule has 9 nitrogen and oxygen atoms in total. The molecule has 1 aromatic carbocycles. The van der Waals surface area contributed by atoms with Crippen molar-refractivity contribution in [3.05, 3.63) is 42.4 Å². The minimum atomic E-state index is 0.500. The Labute approximate surface area is 152 Å². The van der Waals surface area contributed by atoms with Crippen molar-refractivity contribution in [2.24, 2.45) is 0 Å². The van der Waals surface area contributed by atoms with E-state index in [2.05, 4.69) is 30.9 Å². The minimum absolute atomic E-state index is 0.500. The summed E-state index contributed by atoms with van der Waals surface area (Å²) in [5.41, 5.74) is 2.47. The monoisotopic (exact) mass is 354 g/mol. The zero-order valence-electron chi connectivity index (χ0n) is 15.3. The second-order valence-corrected chi connectivity index (χ2v) is 5.92. The summed E-state index contributed by atoms with van der Waals surface area (Å²) in [4.78, 5) is 10.6. The third-order valence-corrected chi connectivity index (χ3v) is 3.61. The largest absolute Gasteiger partial charge is 0.494 e. The lowest BCUT2D eigenvalue weighted by molar-refractivity contribution is 0.396. The predicted octanol–water partition coefficient (Wildman–Crippen LogP) is 1.91. The molecule has 0 spiro atoms. The van der Waals surface area contributed by atoms with Gasteiger partial charge in [0.15, 0.2) is 0 Å². The lowest BCUT2D eigenvalue weighted by Gasteiger charge is -2.11. The van der Waals surface area contributed by atoms with Gasteiger partial charge in [-0.1, -0.05) is 5.21 Å². The Morgan fingerprint density at radius 3 is 2.81 bits per heavy atom. The Bertz CT molecular complexity index is 877. The van der Waals surface area contributed by atoms with Gasteiger partial charge in [0.25, 0.3) is 0 Å². The SMILES string of the molecule is CNc1ccnc(Nc2ccc(OC)c(-n3cc(CN(C)C)nn3)c2)n1. The molecule has 2 heterocycles. The second-order valence-electron chi connectivity index (χ2n) is 5.92. The van der Waals surface area contributed by atoms with Gasteiger partial charge >= 0.3 is 0 Å². The van der Waals surface area contributed by atoms with Crippen LogP contribution in [-0.2, 0) is 6.54 Å².